The van der Waals surface area contributed by atoms with Crippen LogP contribution in [-0.2, 0) is 13.1 Å². The molecule has 0 aliphatic rings. The standard InChI is InChI=1S/C23H22ClN3O3/c1-27(14-19-7-8-25-30-19)13-17-9-16-11-21(28-2)22(29-3)12-20(16)26-23(17)15-5-4-6-18(24)10-15/h4-12H,13-14H2,1-3H3. The van der Waals surface area contributed by atoms with E-state index in [4.69, 9.17) is 30.6 Å². The first-order valence-electron chi connectivity index (χ1n) is 9.47. The van der Waals surface area contributed by atoms with E-state index in [1.54, 1.807) is 20.4 Å². The number of rotatable bonds is 7. The number of halogens is 1. The minimum absolute atomic E-state index is 0.638. The van der Waals surface area contributed by atoms with Crippen LogP contribution in [0.1, 0.15) is 11.3 Å². The number of fused-ring (bicyclic) bond motifs is 1. The van der Waals surface area contributed by atoms with Gasteiger partial charge in [0.05, 0.1) is 38.2 Å². The number of hydrogen-bond donors (Lipinski definition) is 0. The van der Waals surface area contributed by atoms with Crippen molar-refractivity contribution in [1.82, 2.24) is 15.0 Å². The zero-order chi connectivity index (χ0) is 21.1. The van der Waals surface area contributed by atoms with Crippen LogP contribution in [0.15, 0.2) is 59.3 Å². The van der Waals surface area contributed by atoms with E-state index < -0.39 is 0 Å². The third-order valence-corrected chi connectivity index (χ3v) is 5.09. The van der Waals surface area contributed by atoms with Gasteiger partial charge in [0.15, 0.2) is 17.3 Å². The second kappa shape index (κ2) is 8.73. The summed E-state index contributed by atoms with van der Waals surface area (Å²) in [6, 6.07) is 15.6. The van der Waals surface area contributed by atoms with Gasteiger partial charge in [0.2, 0.25) is 0 Å². The van der Waals surface area contributed by atoms with Crippen LogP contribution in [-0.4, -0.2) is 36.3 Å². The molecule has 0 amide bonds. The molecule has 0 aliphatic carbocycles. The zero-order valence-corrected chi connectivity index (χ0v) is 17.8. The molecular weight excluding hydrogens is 402 g/mol. The number of methoxy groups -OCH3 is 2. The number of benzene rings is 2. The predicted molar refractivity (Wildman–Crippen MR) is 117 cm³/mol. The van der Waals surface area contributed by atoms with Crippen LogP contribution in [0, 0.1) is 0 Å². The first-order chi connectivity index (χ1) is 14.6. The normalized spacial score (nSPS) is 11.2. The molecule has 4 aromatic rings. The van der Waals surface area contributed by atoms with Crippen LogP contribution >= 0.6 is 11.6 Å². The molecule has 0 fully saturated rings. The summed E-state index contributed by atoms with van der Waals surface area (Å²) in [5.41, 5.74) is 3.73. The molecule has 0 bridgehead atoms. The summed E-state index contributed by atoms with van der Waals surface area (Å²) >= 11 is 6.26. The quantitative estimate of drug-likeness (QED) is 0.407. The Morgan fingerprint density at radius 3 is 2.50 bits per heavy atom. The highest BCUT2D eigenvalue weighted by atomic mass is 35.5. The third kappa shape index (κ3) is 4.25. The second-order valence-electron chi connectivity index (χ2n) is 7.06. The molecule has 2 heterocycles. The Hall–Kier alpha value is -3.09. The summed E-state index contributed by atoms with van der Waals surface area (Å²) in [6.07, 6.45) is 1.65. The van der Waals surface area contributed by atoms with Gasteiger partial charge < -0.3 is 14.0 Å². The van der Waals surface area contributed by atoms with Crippen molar-refractivity contribution < 1.29 is 14.0 Å². The van der Waals surface area contributed by atoms with Crippen molar-refractivity contribution in [2.45, 2.75) is 13.1 Å². The first-order valence-corrected chi connectivity index (χ1v) is 9.85. The lowest BCUT2D eigenvalue weighted by atomic mass is 10.0. The average Bonchev–Trinajstić information content (AvgIpc) is 3.25. The van der Waals surface area contributed by atoms with Gasteiger partial charge in [-0.2, -0.15) is 0 Å². The molecule has 0 saturated carbocycles. The number of ether oxygens (including phenoxy) is 2. The molecule has 2 aromatic heterocycles. The smallest absolute Gasteiger partial charge is 0.162 e. The van der Waals surface area contributed by atoms with Crippen molar-refractivity contribution in [1.29, 1.82) is 0 Å². The molecule has 0 atom stereocenters. The lowest BCUT2D eigenvalue weighted by molar-refractivity contribution is 0.267. The average molecular weight is 424 g/mol. The SMILES string of the molecule is COc1cc2cc(CN(C)Cc3ccno3)c(-c3cccc(Cl)c3)nc2cc1OC. The fraction of sp³-hybridized carbons (Fsp3) is 0.217. The largest absolute Gasteiger partial charge is 0.493 e. The van der Waals surface area contributed by atoms with Gasteiger partial charge in [0.1, 0.15) is 0 Å². The first kappa shape index (κ1) is 20.2. The summed E-state index contributed by atoms with van der Waals surface area (Å²) in [5.74, 6) is 2.12. The van der Waals surface area contributed by atoms with Crippen molar-refractivity contribution in [2.24, 2.45) is 0 Å². The monoisotopic (exact) mass is 423 g/mol. The van der Waals surface area contributed by atoms with Gasteiger partial charge in [0, 0.05) is 34.6 Å². The van der Waals surface area contributed by atoms with E-state index in [9.17, 15) is 0 Å². The molecule has 0 radical (unpaired) electrons. The van der Waals surface area contributed by atoms with E-state index in [0.29, 0.717) is 29.6 Å². The molecule has 0 spiro atoms. The summed E-state index contributed by atoms with van der Waals surface area (Å²) in [5, 5.41) is 5.42. The Labute approximate surface area is 180 Å². The lowest BCUT2D eigenvalue weighted by Crippen LogP contribution is -2.17. The van der Waals surface area contributed by atoms with E-state index >= 15 is 0 Å². The van der Waals surface area contributed by atoms with Gasteiger partial charge in [-0.25, -0.2) is 4.98 Å². The number of aromatic nitrogens is 2. The molecule has 2 aromatic carbocycles. The summed E-state index contributed by atoms with van der Waals surface area (Å²) in [4.78, 5) is 7.11. The van der Waals surface area contributed by atoms with Crippen molar-refractivity contribution >= 4 is 22.5 Å². The molecule has 0 saturated heterocycles. The molecule has 0 unspecified atom stereocenters. The molecule has 4 rings (SSSR count). The van der Waals surface area contributed by atoms with Gasteiger partial charge in [0.25, 0.3) is 0 Å². The van der Waals surface area contributed by atoms with Gasteiger partial charge in [-0.1, -0.05) is 28.9 Å². The maximum Gasteiger partial charge on any atom is 0.162 e. The summed E-state index contributed by atoms with van der Waals surface area (Å²) in [6.45, 7) is 1.30. The van der Waals surface area contributed by atoms with E-state index in [-0.39, 0.29) is 0 Å². The Balaban J connectivity index is 1.81. The predicted octanol–water partition coefficient (Wildman–Crippen LogP) is 5.19. The highest BCUT2D eigenvalue weighted by Gasteiger charge is 2.15. The molecule has 7 heteroatoms. The van der Waals surface area contributed by atoms with E-state index in [1.165, 1.54) is 0 Å². The molecule has 154 valence electrons. The van der Waals surface area contributed by atoms with Gasteiger partial charge in [-0.15, -0.1) is 0 Å². The zero-order valence-electron chi connectivity index (χ0n) is 17.1. The Bertz CT molecular complexity index is 1160. The molecule has 0 aliphatic heterocycles. The van der Waals surface area contributed by atoms with Crippen molar-refractivity contribution in [2.75, 3.05) is 21.3 Å². The minimum Gasteiger partial charge on any atom is -0.493 e. The summed E-state index contributed by atoms with van der Waals surface area (Å²) < 4.78 is 16.2. The fourth-order valence-corrected chi connectivity index (χ4v) is 3.68. The van der Waals surface area contributed by atoms with Crippen LogP contribution in [0.3, 0.4) is 0 Å². The van der Waals surface area contributed by atoms with Crippen LogP contribution in [0.2, 0.25) is 5.02 Å². The van der Waals surface area contributed by atoms with Crippen LogP contribution in [0.4, 0.5) is 0 Å². The van der Waals surface area contributed by atoms with Gasteiger partial charge in [-0.3, -0.25) is 4.90 Å². The summed E-state index contributed by atoms with van der Waals surface area (Å²) in [7, 11) is 5.28. The van der Waals surface area contributed by atoms with Crippen LogP contribution in [0.5, 0.6) is 11.5 Å². The molecule has 6 nitrogen and oxygen atoms in total. The minimum atomic E-state index is 0.638. The number of pyridine rings is 1. The maximum absolute atomic E-state index is 6.26. The van der Waals surface area contributed by atoms with Crippen molar-refractivity contribution in [3.05, 3.63) is 71.1 Å². The van der Waals surface area contributed by atoms with E-state index in [0.717, 1.165) is 33.5 Å². The highest BCUT2D eigenvalue weighted by molar-refractivity contribution is 6.30. The van der Waals surface area contributed by atoms with Gasteiger partial charge >= 0.3 is 0 Å². The van der Waals surface area contributed by atoms with Crippen molar-refractivity contribution in [3.63, 3.8) is 0 Å². The van der Waals surface area contributed by atoms with E-state index in [1.807, 2.05) is 49.5 Å². The van der Waals surface area contributed by atoms with Crippen LogP contribution < -0.4 is 9.47 Å². The Kier molecular flexibility index (Phi) is 5.88. The Morgan fingerprint density at radius 1 is 1.00 bits per heavy atom. The number of nitrogens with zero attached hydrogens (tertiary/aromatic N) is 3. The fourth-order valence-electron chi connectivity index (χ4n) is 3.49. The maximum atomic E-state index is 6.26. The van der Waals surface area contributed by atoms with Crippen LogP contribution in [0.25, 0.3) is 22.2 Å². The van der Waals surface area contributed by atoms with E-state index in [2.05, 4.69) is 16.1 Å². The topological polar surface area (TPSA) is 60.6 Å². The molecule has 0 N–H and O–H groups in total. The molecule has 30 heavy (non-hydrogen) atoms. The number of hydrogen-bond acceptors (Lipinski definition) is 6. The van der Waals surface area contributed by atoms with Crippen molar-refractivity contribution in [3.8, 4) is 22.8 Å². The Morgan fingerprint density at radius 2 is 1.80 bits per heavy atom. The highest BCUT2D eigenvalue weighted by Crippen LogP contribution is 2.35. The second-order valence-corrected chi connectivity index (χ2v) is 7.49. The molecular formula is C23H22ClN3O3. The lowest BCUT2D eigenvalue weighted by Gasteiger charge is -2.19. The third-order valence-electron chi connectivity index (χ3n) is 4.85. The van der Waals surface area contributed by atoms with Gasteiger partial charge in [-0.05, 0) is 36.9 Å².